The van der Waals surface area contributed by atoms with E-state index in [0.29, 0.717) is 12.1 Å². The Morgan fingerprint density at radius 3 is 2.70 bits per heavy atom. The molecule has 0 aliphatic carbocycles. The Morgan fingerprint density at radius 2 is 2.10 bits per heavy atom. The number of rotatable bonds is 7. The molecule has 116 valence electrons. The van der Waals surface area contributed by atoms with Crippen LogP contribution in [0.1, 0.15) is 72.6 Å². The second-order valence-electron chi connectivity index (χ2n) is 6.57. The molecule has 1 heterocycles. The van der Waals surface area contributed by atoms with E-state index < -0.39 is 0 Å². The monoisotopic (exact) mass is 279 g/mol. The van der Waals surface area contributed by atoms with Crippen molar-refractivity contribution in [1.82, 2.24) is 10.2 Å². The summed E-state index contributed by atoms with van der Waals surface area (Å²) in [6, 6.07) is 3.68. The number of likely N-dealkylation sites (tertiary alicyclic amines) is 1. The Labute approximate surface area is 125 Å². The molecule has 3 heteroatoms. The van der Waals surface area contributed by atoms with Crippen LogP contribution >= 0.6 is 0 Å². The SMILES string of the molecule is CCCNC(C)(C#N)CC(C)N1CCCCCC1CC. The van der Waals surface area contributed by atoms with Crippen LogP contribution in [0.2, 0.25) is 0 Å². The first-order valence-electron chi connectivity index (χ1n) is 8.48. The maximum Gasteiger partial charge on any atom is 0.105 e. The van der Waals surface area contributed by atoms with Crippen molar-refractivity contribution in [3.8, 4) is 6.07 Å². The molecule has 1 fully saturated rings. The highest BCUT2D eigenvalue weighted by Crippen LogP contribution is 2.25. The van der Waals surface area contributed by atoms with Gasteiger partial charge in [0, 0.05) is 12.1 Å². The minimum atomic E-state index is -0.389. The van der Waals surface area contributed by atoms with Crippen LogP contribution < -0.4 is 5.32 Å². The van der Waals surface area contributed by atoms with Gasteiger partial charge in [0.2, 0.25) is 0 Å². The molecule has 1 aliphatic heterocycles. The minimum Gasteiger partial charge on any atom is -0.300 e. The van der Waals surface area contributed by atoms with Crippen molar-refractivity contribution < 1.29 is 0 Å². The summed E-state index contributed by atoms with van der Waals surface area (Å²) in [6.07, 6.45) is 8.59. The molecular formula is C17H33N3. The molecule has 3 nitrogen and oxygen atoms in total. The van der Waals surface area contributed by atoms with E-state index in [9.17, 15) is 5.26 Å². The molecule has 0 radical (unpaired) electrons. The molecule has 0 spiro atoms. The van der Waals surface area contributed by atoms with Crippen molar-refractivity contribution in [2.24, 2.45) is 0 Å². The predicted molar refractivity (Wildman–Crippen MR) is 85.6 cm³/mol. The molecule has 1 N–H and O–H groups in total. The largest absolute Gasteiger partial charge is 0.300 e. The van der Waals surface area contributed by atoms with E-state index in [0.717, 1.165) is 19.4 Å². The van der Waals surface area contributed by atoms with Gasteiger partial charge < -0.3 is 0 Å². The van der Waals surface area contributed by atoms with Crippen molar-refractivity contribution >= 4 is 0 Å². The van der Waals surface area contributed by atoms with Crippen LogP contribution in [0.5, 0.6) is 0 Å². The smallest absolute Gasteiger partial charge is 0.105 e. The average Bonchev–Trinajstić information content (AvgIpc) is 2.70. The molecule has 1 rings (SSSR count). The fourth-order valence-electron chi connectivity index (χ4n) is 3.48. The van der Waals surface area contributed by atoms with Crippen molar-refractivity contribution in [3.63, 3.8) is 0 Å². The molecule has 1 aliphatic rings. The second-order valence-corrected chi connectivity index (χ2v) is 6.57. The summed E-state index contributed by atoms with van der Waals surface area (Å²) in [4.78, 5) is 2.66. The fourth-order valence-corrected chi connectivity index (χ4v) is 3.48. The van der Waals surface area contributed by atoms with E-state index in [1.165, 1.54) is 38.6 Å². The van der Waals surface area contributed by atoms with E-state index in [2.05, 4.69) is 44.0 Å². The van der Waals surface area contributed by atoms with Crippen LogP contribution in [0.4, 0.5) is 0 Å². The lowest BCUT2D eigenvalue weighted by Gasteiger charge is -2.38. The Balaban J connectivity index is 2.66. The number of nitrogens with one attached hydrogen (secondary N) is 1. The van der Waals surface area contributed by atoms with Gasteiger partial charge in [-0.15, -0.1) is 0 Å². The van der Waals surface area contributed by atoms with Crippen LogP contribution in [0, 0.1) is 11.3 Å². The summed E-state index contributed by atoms with van der Waals surface area (Å²) >= 11 is 0. The van der Waals surface area contributed by atoms with E-state index in [1.54, 1.807) is 0 Å². The Hall–Kier alpha value is -0.590. The molecule has 0 aromatic rings. The van der Waals surface area contributed by atoms with Crippen LogP contribution in [0.3, 0.4) is 0 Å². The highest BCUT2D eigenvalue weighted by atomic mass is 15.2. The first-order chi connectivity index (χ1) is 9.56. The quantitative estimate of drug-likeness (QED) is 0.772. The molecule has 0 amide bonds. The summed E-state index contributed by atoms with van der Waals surface area (Å²) < 4.78 is 0. The zero-order valence-electron chi connectivity index (χ0n) is 13.9. The van der Waals surface area contributed by atoms with Gasteiger partial charge in [0.25, 0.3) is 0 Å². The average molecular weight is 279 g/mol. The Morgan fingerprint density at radius 1 is 1.35 bits per heavy atom. The van der Waals surface area contributed by atoms with Crippen LogP contribution in [-0.4, -0.2) is 35.6 Å². The summed E-state index contributed by atoms with van der Waals surface area (Å²) in [6.45, 7) is 10.9. The van der Waals surface area contributed by atoms with E-state index in [-0.39, 0.29) is 5.54 Å². The molecule has 0 bridgehead atoms. The standard InChI is InChI=1S/C17H33N3/c1-5-11-19-17(4,14-18)13-15(3)20-12-9-7-8-10-16(20)6-2/h15-16,19H,5-13H2,1-4H3. The number of nitriles is 1. The fraction of sp³-hybridized carbons (Fsp3) is 0.941. The summed E-state index contributed by atoms with van der Waals surface area (Å²) in [5.41, 5.74) is -0.389. The zero-order chi connectivity index (χ0) is 15.0. The van der Waals surface area contributed by atoms with Gasteiger partial charge in [0.05, 0.1) is 6.07 Å². The van der Waals surface area contributed by atoms with Crippen LogP contribution in [0.15, 0.2) is 0 Å². The van der Waals surface area contributed by atoms with Crippen molar-refractivity contribution in [1.29, 1.82) is 5.26 Å². The van der Waals surface area contributed by atoms with Crippen molar-refractivity contribution in [2.45, 2.75) is 90.3 Å². The summed E-state index contributed by atoms with van der Waals surface area (Å²) in [5, 5.41) is 12.9. The molecule has 0 aromatic carbocycles. The third-order valence-corrected chi connectivity index (χ3v) is 4.68. The van der Waals surface area contributed by atoms with Gasteiger partial charge in [-0.1, -0.05) is 26.7 Å². The summed E-state index contributed by atoms with van der Waals surface area (Å²) in [7, 11) is 0. The van der Waals surface area contributed by atoms with Gasteiger partial charge in [0.1, 0.15) is 5.54 Å². The highest BCUT2D eigenvalue weighted by molar-refractivity contribution is 5.05. The molecule has 0 aromatic heterocycles. The summed E-state index contributed by atoms with van der Waals surface area (Å²) in [5.74, 6) is 0. The van der Waals surface area contributed by atoms with Gasteiger partial charge >= 0.3 is 0 Å². The van der Waals surface area contributed by atoms with Gasteiger partial charge in [-0.2, -0.15) is 5.26 Å². The molecule has 3 unspecified atom stereocenters. The maximum atomic E-state index is 9.51. The van der Waals surface area contributed by atoms with Crippen molar-refractivity contribution in [3.05, 3.63) is 0 Å². The number of nitrogens with zero attached hydrogens (tertiary/aromatic N) is 2. The molecule has 3 atom stereocenters. The lowest BCUT2D eigenvalue weighted by molar-refractivity contribution is 0.121. The first kappa shape index (κ1) is 17.5. The van der Waals surface area contributed by atoms with E-state index in [4.69, 9.17) is 0 Å². The van der Waals surface area contributed by atoms with Crippen LogP contribution in [0.25, 0.3) is 0 Å². The van der Waals surface area contributed by atoms with E-state index >= 15 is 0 Å². The van der Waals surface area contributed by atoms with Crippen LogP contribution in [-0.2, 0) is 0 Å². The topological polar surface area (TPSA) is 39.1 Å². The van der Waals surface area contributed by atoms with Gasteiger partial charge in [-0.05, 0) is 59.0 Å². The predicted octanol–water partition coefficient (Wildman–Crippen LogP) is 3.70. The Kier molecular flexibility index (Phi) is 7.55. The van der Waals surface area contributed by atoms with Gasteiger partial charge in [0.15, 0.2) is 0 Å². The molecular weight excluding hydrogens is 246 g/mol. The van der Waals surface area contributed by atoms with E-state index in [1.807, 2.05) is 0 Å². The number of hydrogen-bond donors (Lipinski definition) is 1. The van der Waals surface area contributed by atoms with Crippen molar-refractivity contribution in [2.75, 3.05) is 13.1 Å². The lowest BCUT2D eigenvalue weighted by Crippen LogP contribution is -2.49. The first-order valence-corrected chi connectivity index (χ1v) is 8.48. The molecule has 1 saturated heterocycles. The highest BCUT2D eigenvalue weighted by Gasteiger charge is 2.31. The maximum absolute atomic E-state index is 9.51. The van der Waals surface area contributed by atoms with Gasteiger partial charge in [-0.25, -0.2) is 0 Å². The third-order valence-electron chi connectivity index (χ3n) is 4.68. The second kappa shape index (κ2) is 8.64. The normalized spacial score (nSPS) is 25.4. The molecule has 0 saturated carbocycles. The third kappa shape index (κ3) is 5.07. The minimum absolute atomic E-state index is 0.389. The molecule has 20 heavy (non-hydrogen) atoms. The zero-order valence-corrected chi connectivity index (χ0v) is 13.9. The van der Waals surface area contributed by atoms with Gasteiger partial charge in [-0.3, -0.25) is 10.2 Å². The lowest BCUT2D eigenvalue weighted by atomic mass is 9.93. The number of hydrogen-bond acceptors (Lipinski definition) is 3. The Bertz CT molecular complexity index is 310.